The van der Waals surface area contributed by atoms with Gasteiger partial charge in [-0.05, 0) is 11.6 Å². The van der Waals surface area contributed by atoms with Crippen LogP contribution >= 0.6 is 0 Å². The molecule has 0 aliphatic rings. The number of fused-ring (bicyclic) bond motifs is 1. The number of anilines is 1. The lowest BCUT2D eigenvalue weighted by atomic mass is 10.2. The molecule has 5 nitrogen and oxygen atoms in total. The van der Waals surface area contributed by atoms with E-state index in [4.69, 9.17) is 0 Å². The smallest absolute Gasteiger partial charge is 0.253 e. The highest BCUT2D eigenvalue weighted by molar-refractivity contribution is 5.36. The van der Waals surface area contributed by atoms with Gasteiger partial charge >= 0.3 is 0 Å². The number of nitrogens with zero attached hydrogens (tertiary/aromatic N) is 4. The Hall–Kier alpha value is -2.43. The minimum absolute atomic E-state index is 0.590. The van der Waals surface area contributed by atoms with Crippen molar-refractivity contribution in [3.05, 3.63) is 54.4 Å². The summed E-state index contributed by atoms with van der Waals surface area (Å²) >= 11 is 0. The molecule has 0 unspecified atom stereocenters. The Kier molecular flexibility index (Phi) is 2.42. The molecule has 17 heavy (non-hydrogen) atoms. The van der Waals surface area contributed by atoms with Crippen molar-refractivity contribution in [2.75, 3.05) is 5.32 Å². The molecule has 2 heterocycles. The summed E-state index contributed by atoms with van der Waals surface area (Å²) in [5.41, 5.74) is 1.19. The summed E-state index contributed by atoms with van der Waals surface area (Å²) in [6.07, 6.45) is 3.52. The molecule has 0 amide bonds. The van der Waals surface area contributed by atoms with E-state index in [0.29, 0.717) is 18.3 Å². The fraction of sp³-hybridized carbons (Fsp3) is 0.0833. The molecular formula is C12H11N5. The monoisotopic (exact) mass is 225 g/mol. The zero-order valence-corrected chi connectivity index (χ0v) is 9.11. The normalized spacial score (nSPS) is 10.6. The Morgan fingerprint density at radius 1 is 1.12 bits per heavy atom. The third-order valence-electron chi connectivity index (χ3n) is 2.41. The highest BCUT2D eigenvalue weighted by atomic mass is 15.4. The molecule has 0 fully saturated rings. The van der Waals surface area contributed by atoms with Crippen LogP contribution in [-0.4, -0.2) is 19.6 Å². The molecule has 2 aromatic heterocycles. The van der Waals surface area contributed by atoms with Crippen molar-refractivity contribution in [1.82, 2.24) is 19.6 Å². The van der Waals surface area contributed by atoms with Crippen LogP contribution in [0.1, 0.15) is 5.56 Å². The van der Waals surface area contributed by atoms with Crippen LogP contribution in [0.3, 0.4) is 0 Å². The molecule has 5 heteroatoms. The zero-order valence-electron chi connectivity index (χ0n) is 9.11. The zero-order chi connectivity index (χ0) is 11.5. The molecule has 1 aromatic carbocycles. The van der Waals surface area contributed by atoms with E-state index in [2.05, 4.69) is 32.5 Å². The summed E-state index contributed by atoms with van der Waals surface area (Å²) in [6.45, 7) is 0.706. The maximum atomic E-state index is 4.26. The molecule has 1 N–H and O–H groups in total. The fourth-order valence-electron chi connectivity index (χ4n) is 1.58. The molecule has 0 saturated carbocycles. The van der Waals surface area contributed by atoms with Crippen molar-refractivity contribution in [1.29, 1.82) is 0 Å². The second-order valence-corrected chi connectivity index (χ2v) is 3.64. The summed E-state index contributed by atoms with van der Waals surface area (Å²) in [7, 11) is 0. The van der Waals surface area contributed by atoms with Crippen molar-refractivity contribution in [3.8, 4) is 0 Å². The second-order valence-electron chi connectivity index (χ2n) is 3.64. The van der Waals surface area contributed by atoms with E-state index in [1.165, 1.54) is 5.56 Å². The van der Waals surface area contributed by atoms with Gasteiger partial charge in [0, 0.05) is 18.9 Å². The van der Waals surface area contributed by atoms with E-state index in [0.717, 1.165) is 0 Å². The highest BCUT2D eigenvalue weighted by Gasteiger charge is 2.02. The summed E-state index contributed by atoms with van der Waals surface area (Å²) in [6, 6.07) is 12.0. The van der Waals surface area contributed by atoms with E-state index in [1.807, 2.05) is 30.5 Å². The standard InChI is InChI=1S/C12H11N5/c1-2-5-10(6-3-1)9-14-11-15-12-13-7-4-8-17(12)16-11/h1-8H,9H2,(H,14,16). The number of nitrogens with one attached hydrogen (secondary N) is 1. The van der Waals surface area contributed by atoms with Gasteiger partial charge in [-0.1, -0.05) is 30.3 Å². The maximum Gasteiger partial charge on any atom is 0.253 e. The van der Waals surface area contributed by atoms with Gasteiger partial charge in [-0.3, -0.25) is 0 Å². The number of aromatic nitrogens is 4. The molecule has 84 valence electrons. The first-order chi connectivity index (χ1) is 8.42. The van der Waals surface area contributed by atoms with Gasteiger partial charge in [0.15, 0.2) is 0 Å². The van der Waals surface area contributed by atoms with Gasteiger partial charge in [0.1, 0.15) is 0 Å². The van der Waals surface area contributed by atoms with Crippen molar-refractivity contribution in [2.24, 2.45) is 0 Å². The largest absolute Gasteiger partial charge is 0.349 e. The average molecular weight is 225 g/mol. The lowest BCUT2D eigenvalue weighted by molar-refractivity contribution is 0.932. The van der Waals surface area contributed by atoms with Gasteiger partial charge in [0.25, 0.3) is 5.78 Å². The topological polar surface area (TPSA) is 55.1 Å². The number of rotatable bonds is 3. The van der Waals surface area contributed by atoms with E-state index >= 15 is 0 Å². The van der Waals surface area contributed by atoms with E-state index in [9.17, 15) is 0 Å². The number of benzene rings is 1. The summed E-state index contributed by atoms with van der Waals surface area (Å²) in [5.74, 6) is 1.19. The van der Waals surface area contributed by atoms with E-state index in [1.54, 1.807) is 10.7 Å². The molecule has 3 rings (SSSR count). The van der Waals surface area contributed by atoms with E-state index < -0.39 is 0 Å². The van der Waals surface area contributed by atoms with Gasteiger partial charge in [0.2, 0.25) is 5.95 Å². The van der Waals surface area contributed by atoms with Crippen LogP contribution in [-0.2, 0) is 6.54 Å². The Bertz CT molecular complexity index is 584. The number of hydrogen-bond donors (Lipinski definition) is 1. The Morgan fingerprint density at radius 3 is 2.82 bits per heavy atom. The molecule has 0 aliphatic carbocycles. The lowest BCUT2D eigenvalue weighted by Crippen LogP contribution is -2.00. The predicted octanol–water partition coefficient (Wildman–Crippen LogP) is 1.74. The van der Waals surface area contributed by atoms with E-state index in [-0.39, 0.29) is 0 Å². The quantitative estimate of drug-likeness (QED) is 0.737. The van der Waals surface area contributed by atoms with Crippen LogP contribution < -0.4 is 5.32 Å². The van der Waals surface area contributed by atoms with Crippen LogP contribution in [0.15, 0.2) is 48.8 Å². The maximum absolute atomic E-state index is 4.26. The van der Waals surface area contributed by atoms with Crippen LogP contribution in [0, 0.1) is 0 Å². The third-order valence-corrected chi connectivity index (χ3v) is 2.41. The van der Waals surface area contributed by atoms with Crippen molar-refractivity contribution in [3.63, 3.8) is 0 Å². The van der Waals surface area contributed by atoms with Crippen molar-refractivity contribution in [2.45, 2.75) is 6.54 Å². The summed E-state index contributed by atoms with van der Waals surface area (Å²) in [4.78, 5) is 8.36. The first-order valence-corrected chi connectivity index (χ1v) is 5.37. The first kappa shape index (κ1) is 9.77. The molecule has 0 radical (unpaired) electrons. The Labute approximate surface area is 98.1 Å². The highest BCUT2D eigenvalue weighted by Crippen LogP contribution is 2.05. The second kappa shape index (κ2) is 4.21. The molecule has 0 spiro atoms. The van der Waals surface area contributed by atoms with Crippen molar-refractivity contribution < 1.29 is 0 Å². The van der Waals surface area contributed by atoms with Gasteiger partial charge in [-0.25, -0.2) is 9.50 Å². The van der Waals surface area contributed by atoms with Gasteiger partial charge in [-0.15, -0.1) is 5.10 Å². The van der Waals surface area contributed by atoms with Crippen LogP contribution in [0.2, 0.25) is 0 Å². The van der Waals surface area contributed by atoms with Gasteiger partial charge in [-0.2, -0.15) is 4.98 Å². The molecular weight excluding hydrogens is 214 g/mol. The van der Waals surface area contributed by atoms with Crippen LogP contribution in [0.5, 0.6) is 0 Å². The van der Waals surface area contributed by atoms with Crippen molar-refractivity contribution >= 4 is 11.7 Å². The SMILES string of the molecule is c1ccc(CNc2nc3ncccn3n2)cc1. The summed E-state index contributed by atoms with van der Waals surface area (Å²) < 4.78 is 1.65. The fourth-order valence-corrected chi connectivity index (χ4v) is 1.58. The molecule has 0 saturated heterocycles. The Balaban J connectivity index is 1.77. The minimum Gasteiger partial charge on any atom is -0.349 e. The summed E-state index contributed by atoms with van der Waals surface area (Å²) in [5, 5.41) is 7.43. The Morgan fingerprint density at radius 2 is 2.00 bits per heavy atom. The number of hydrogen-bond acceptors (Lipinski definition) is 4. The van der Waals surface area contributed by atoms with Gasteiger partial charge in [0.05, 0.1) is 0 Å². The lowest BCUT2D eigenvalue weighted by Gasteiger charge is -2.00. The first-order valence-electron chi connectivity index (χ1n) is 5.37. The molecule has 3 aromatic rings. The molecule has 0 bridgehead atoms. The van der Waals surface area contributed by atoms with Crippen LogP contribution in [0.4, 0.5) is 5.95 Å². The third kappa shape index (κ3) is 2.08. The minimum atomic E-state index is 0.590. The predicted molar refractivity (Wildman–Crippen MR) is 64.6 cm³/mol. The average Bonchev–Trinajstić information content (AvgIpc) is 2.80. The molecule has 0 atom stereocenters. The van der Waals surface area contributed by atoms with Gasteiger partial charge < -0.3 is 5.32 Å². The van der Waals surface area contributed by atoms with Crippen LogP contribution in [0.25, 0.3) is 5.78 Å². The molecule has 0 aliphatic heterocycles.